The maximum Gasteiger partial charge on any atom is 0.311 e. The second-order valence-corrected chi connectivity index (χ2v) is 5.62. The molecule has 1 fully saturated rings. The minimum Gasteiger partial charge on any atom is -0.481 e. The molecule has 1 heterocycles. The Labute approximate surface area is 125 Å². The summed E-state index contributed by atoms with van der Waals surface area (Å²) in [6, 6.07) is 9.52. The van der Waals surface area contributed by atoms with E-state index < -0.39 is 11.4 Å². The average molecular weight is 290 g/mol. The maximum absolute atomic E-state index is 12.2. The lowest BCUT2D eigenvalue weighted by Gasteiger charge is -2.24. The molecule has 0 aromatic heterocycles. The first-order chi connectivity index (χ1) is 10.1. The summed E-state index contributed by atoms with van der Waals surface area (Å²) >= 11 is 0. The monoisotopic (exact) mass is 290 g/mol. The Morgan fingerprint density at radius 2 is 2.05 bits per heavy atom. The predicted molar refractivity (Wildman–Crippen MR) is 81.1 cm³/mol. The molecule has 1 amide bonds. The molecule has 1 unspecified atom stereocenters. The topological polar surface area (TPSA) is 69.6 Å². The third kappa shape index (κ3) is 3.54. The first-order valence-electron chi connectivity index (χ1n) is 7.37. The smallest absolute Gasteiger partial charge is 0.311 e. The lowest BCUT2D eigenvalue weighted by atomic mass is 9.83. The van der Waals surface area contributed by atoms with Crippen LogP contribution in [0.25, 0.3) is 0 Å². The van der Waals surface area contributed by atoms with E-state index in [0.717, 1.165) is 12.1 Å². The molecule has 1 atom stereocenters. The molecule has 1 aromatic carbocycles. The number of aliphatic carboxylic acids is 1. The van der Waals surface area contributed by atoms with Gasteiger partial charge in [-0.05, 0) is 25.0 Å². The number of likely N-dealkylation sites (tertiary alicyclic amines) is 1. The van der Waals surface area contributed by atoms with Crippen molar-refractivity contribution < 1.29 is 14.7 Å². The molecule has 0 aliphatic carbocycles. The molecule has 2 rings (SSSR count). The van der Waals surface area contributed by atoms with Crippen molar-refractivity contribution >= 4 is 17.6 Å². The van der Waals surface area contributed by atoms with Crippen LogP contribution in [0.3, 0.4) is 0 Å². The minimum atomic E-state index is -0.782. The third-order valence-corrected chi connectivity index (χ3v) is 4.11. The van der Waals surface area contributed by atoms with Crippen molar-refractivity contribution in [3.8, 4) is 0 Å². The van der Waals surface area contributed by atoms with Gasteiger partial charge in [-0.1, -0.05) is 31.5 Å². The van der Waals surface area contributed by atoms with Gasteiger partial charge in [0.05, 0.1) is 12.0 Å². The Kier molecular flexibility index (Phi) is 4.83. The molecule has 0 saturated carbocycles. The van der Waals surface area contributed by atoms with Gasteiger partial charge in [-0.25, -0.2) is 0 Å². The summed E-state index contributed by atoms with van der Waals surface area (Å²) in [4.78, 5) is 25.4. The first kappa shape index (κ1) is 15.4. The fourth-order valence-corrected chi connectivity index (χ4v) is 2.89. The molecule has 2 N–H and O–H groups in total. The number of hydrogen-bond donors (Lipinski definition) is 2. The number of nitrogens with one attached hydrogen (secondary N) is 1. The zero-order chi connectivity index (χ0) is 15.3. The molecular weight excluding hydrogens is 268 g/mol. The number of benzene rings is 1. The lowest BCUT2D eigenvalue weighted by molar-refractivity contribution is -0.149. The number of amides is 1. The van der Waals surface area contributed by atoms with E-state index in [2.05, 4.69) is 5.32 Å². The molecule has 5 heteroatoms. The van der Waals surface area contributed by atoms with Crippen molar-refractivity contribution in [2.45, 2.75) is 26.2 Å². The normalized spacial score (nSPS) is 21.3. The Bertz CT molecular complexity index is 504. The van der Waals surface area contributed by atoms with E-state index in [9.17, 15) is 14.7 Å². The van der Waals surface area contributed by atoms with Crippen LogP contribution in [-0.4, -0.2) is 41.5 Å². The number of para-hydroxylation sites is 1. The zero-order valence-electron chi connectivity index (χ0n) is 12.3. The Morgan fingerprint density at radius 1 is 1.33 bits per heavy atom. The van der Waals surface area contributed by atoms with Crippen molar-refractivity contribution in [3.05, 3.63) is 30.3 Å². The van der Waals surface area contributed by atoms with Crippen LogP contribution in [0.2, 0.25) is 0 Å². The molecule has 1 saturated heterocycles. The van der Waals surface area contributed by atoms with Crippen molar-refractivity contribution in [1.82, 2.24) is 4.90 Å². The fraction of sp³-hybridized carbons (Fsp3) is 0.500. The molecule has 114 valence electrons. The van der Waals surface area contributed by atoms with Gasteiger partial charge in [0.2, 0.25) is 5.91 Å². The number of carboxylic acids is 1. The molecule has 1 aromatic rings. The summed E-state index contributed by atoms with van der Waals surface area (Å²) in [6.45, 7) is 3.03. The van der Waals surface area contributed by atoms with E-state index in [0.29, 0.717) is 25.9 Å². The van der Waals surface area contributed by atoms with Gasteiger partial charge in [0.15, 0.2) is 0 Å². The van der Waals surface area contributed by atoms with Gasteiger partial charge >= 0.3 is 5.97 Å². The first-order valence-corrected chi connectivity index (χ1v) is 7.37. The van der Waals surface area contributed by atoms with Crippen molar-refractivity contribution in [3.63, 3.8) is 0 Å². The van der Waals surface area contributed by atoms with E-state index in [1.807, 2.05) is 37.3 Å². The molecule has 21 heavy (non-hydrogen) atoms. The highest BCUT2D eigenvalue weighted by Gasteiger charge is 2.45. The van der Waals surface area contributed by atoms with Crippen molar-refractivity contribution in [1.29, 1.82) is 0 Å². The van der Waals surface area contributed by atoms with Crippen LogP contribution in [0.5, 0.6) is 0 Å². The zero-order valence-corrected chi connectivity index (χ0v) is 12.3. The molecule has 1 aliphatic rings. The number of nitrogens with zero attached hydrogens (tertiary/aromatic N) is 1. The number of anilines is 1. The van der Waals surface area contributed by atoms with Gasteiger partial charge in [0.25, 0.3) is 0 Å². The second kappa shape index (κ2) is 6.61. The molecule has 1 aliphatic heterocycles. The average Bonchev–Trinajstić information content (AvgIpc) is 2.92. The summed E-state index contributed by atoms with van der Waals surface area (Å²) in [7, 11) is 0. The standard InChI is InChI=1S/C16H22N2O3/c1-2-8-16(15(20)21)9-10-18(12-16)14(19)11-17-13-6-4-3-5-7-13/h3-7,17H,2,8-12H2,1H3,(H,20,21). The quantitative estimate of drug-likeness (QED) is 0.842. The van der Waals surface area contributed by atoms with Crippen LogP contribution >= 0.6 is 0 Å². The highest BCUT2D eigenvalue weighted by Crippen LogP contribution is 2.35. The van der Waals surface area contributed by atoms with Crippen LogP contribution in [0, 0.1) is 5.41 Å². The van der Waals surface area contributed by atoms with Crippen LogP contribution in [0.4, 0.5) is 5.69 Å². The van der Waals surface area contributed by atoms with Gasteiger partial charge in [0, 0.05) is 18.8 Å². The van der Waals surface area contributed by atoms with Gasteiger partial charge in [-0.15, -0.1) is 0 Å². The van der Waals surface area contributed by atoms with E-state index >= 15 is 0 Å². The van der Waals surface area contributed by atoms with Gasteiger partial charge in [0.1, 0.15) is 0 Å². The summed E-state index contributed by atoms with van der Waals surface area (Å²) < 4.78 is 0. The minimum absolute atomic E-state index is 0.0434. The van der Waals surface area contributed by atoms with Crippen LogP contribution < -0.4 is 5.32 Å². The van der Waals surface area contributed by atoms with Gasteiger partial charge < -0.3 is 15.3 Å². The molecule has 0 spiro atoms. The fourth-order valence-electron chi connectivity index (χ4n) is 2.89. The summed E-state index contributed by atoms with van der Waals surface area (Å²) in [5.74, 6) is -0.825. The Hall–Kier alpha value is -2.04. The predicted octanol–water partition coefficient (Wildman–Crippen LogP) is 2.20. The Balaban J connectivity index is 1.91. The number of carbonyl (C=O) groups excluding carboxylic acids is 1. The SMILES string of the molecule is CCCC1(C(=O)O)CCN(C(=O)CNc2ccccc2)C1. The lowest BCUT2D eigenvalue weighted by Crippen LogP contribution is -2.39. The molecule has 0 bridgehead atoms. The van der Waals surface area contributed by atoms with Crippen molar-refractivity contribution in [2.24, 2.45) is 5.41 Å². The Morgan fingerprint density at radius 3 is 2.67 bits per heavy atom. The van der Waals surface area contributed by atoms with Crippen LogP contribution in [-0.2, 0) is 9.59 Å². The summed E-state index contributed by atoms with van der Waals surface area (Å²) in [6.07, 6.45) is 1.99. The number of carbonyl (C=O) groups is 2. The molecule has 0 radical (unpaired) electrons. The van der Waals surface area contributed by atoms with Gasteiger partial charge in [-0.2, -0.15) is 0 Å². The van der Waals surface area contributed by atoms with E-state index in [1.54, 1.807) is 4.90 Å². The molecular formula is C16H22N2O3. The second-order valence-electron chi connectivity index (χ2n) is 5.62. The van der Waals surface area contributed by atoms with E-state index in [-0.39, 0.29) is 12.5 Å². The van der Waals surface area contributed by atoms with Crippen LogP contribution in [0.1, 0.15) is 26.2 Å². The summed E-state index contributed by atoms with van der Waals surface area (Å²) in [5, 5.41) is 12.5. The van der Waals surface area contributed by atoms with Gasteiger partial charge in [-0.3, -0.25) is 9.59 Å². The molecule has 5 nitrogen and oxygen atoms in total. The third-order valence-electron chi connectivity index (χ3n) is 4.11. The number of rotatable bonds is 6. The van der Waals surface area contributed by atoms with Crippen molar-refractivity contribution in [2.75, 3.05) is 25.0 Å². The van der Waals surface area contributed by atoms with E-state index in [4.69, 9.17) is 0 Å². The number of hydrogen-bond acceptors (Lipinski definition) is 3. The maximum atomic E-state index is 12.2. The van der Waals surface area contributed by atoms with E-state index in [1.165, 1.54) is 0 Å². The van der Waals surface area contributed by atoms with Crippen LogP contribution in [0.15, 0.2) is 30.3 Å². The highest BCUT2D eigenvalue weighted by atomic mass is 16.4. The largest absolute Gasteiger partial charge is 0.481 e. The summed E-state index contributed by atoms with van der Waals surface area (Å²) in [5.41, 5.74) is 0.139. The number of carboxylic acid groups (broad SMARTS) is 1. The highest BCUT2D eigenvalue weighted by molar-refractivity contribution is 5.83.